The second kappa shape index (κ2) is 7.35. The number of hydrogen-bond acceptors (Lipinski definition) is 5. The molecule has 18 heavy (non-hydrogen) atoms. The van der Waals surface area contributed by atoms with Crippen molar-refractivity contribution in [1.82, 2.24) is 15.8 Å². The van der Waals surface area contributed by atoms with Gasteiger partial charge in [-0.2, -0.15) is 0 Å². The number of halogens is 1. The highest BCUT2D eigenvalue weighted by Gasteiger charge is 2.17. The highest BCUT2D eigenvalue weighted by Crippen LogP contribution is 2.06. The first kappa shape index (κ1) is 14.9. The first-order chi connectivity index (χ1) is 8.29. The minimum atomic E-state index is -0.204. The molecule has 2 N–H and O–H groups in total. The van der Waals surface area contributed by atoms with Crippen molar-refractivity contribution in [2.75, 3.05) is 20.2 Å². The number of nitrogens with zero attached hydrogens (tertiary/aromatic N) is 1. The van der Waals surface area contributed by atoms with E-state index in [1.807, 2.05) is 0 Å². The van der Waals surface area contributed by atoms with Gasteiger partial charge in [0.2, 0.25) is 0 Å². The van der Waals surface area contributed by atoms with Gasteiger partial charge in [0.15, 0.2) is 11.5 Å². The van der Waals surface area contributed by atoms with Crippen LogP contribution in [0.15, 0.2) is 10.6 Å². The zero-order valence-corrected chi connectivity index (χ0v) is 11.1. The lowest BCUT2D eigenvalue weighted by Crippen LogP contribution is -2.37. The van der Waals surface area contributed by atoms with E-state index < -0.39 is 0 Å². The van der Waals surface area contributed by atoms with Crippen molar-refractivity contribution in [3.05, 3.63) is 17.5 Å². The van der Waals surface area contributed by atoms with Crippen molar-refractivity contribution >= 4 is 18.3 Å². The van der Waals surface area contributed by atoms with E-state index in [9.17, 15) is 4.79 Å². The maximum atomic E-state index is 11.7. The fourth-order valence-electron chi connectivity index (χ4n) is 1.87. The number of methoxy groups -OCH3 is 1. The third kappa shape index (κ3) is 3.97. The van der Waals surface area contributed by atoms with Crippen LogP contribution < -0.4 is 10.6 Å². The Kier molecular flexibility index (Phi) is 6.11. The van der Waals surface area contributed by atoms with E-state index in [0.29, 0.717) is 30.6 Å². The average Bonchev–Trinajstić information content (AvgIpc) is 2.97. The molecule has 6 nitrogen and oxygen atoms in total. The highest BCUT2D eigenvalue weighted by molar-refractivity contribution is 5.92. The molecule has 1 unspecified atom stereocenters. The Balaban J connectivity index is 0.00000162. The average molecular weight is 276 g/mol. The fraction of sp³-hybridized carbons (Fsp3) is 0.636. The van der Waals surface area contributed by atoms with E-state index in [0.717, 1.165) is 13.0 Å². The molecule has 1 aromatic heterocycles. The molecule has 1 amide bonds. The van der Waals surface area contributed by atoms with E-state index in [4.69, 9.17) is 9.26 Å². The quantitative estimate of drug-likeness (QED) is 0.828. The SMILES string of the molecule is COCc1cc(C(=O)NCC2CCCN2)no1.Cl. The van der Waals surface area contributed by atoms with Gasteiger partial charge in [0.1, 0.15) is 6.61 Å². The lowest BCUT2D eigenvalue weighted by molar-refractivity contribution is 0.0940. The maximum Gasteiger partial charge on any atom is 0.273 e. The van der Waals surface area contributed by atoms with Crippen LogP contribution in [0.5, 0.6) is 0 Å². The van der Waals surface area contributed by atoms with Gasteiger partial charge in [-0.3, -0.25) is 4.79 Å². The molecule has 1 saturated heterocycles. The third-order valence-corrected chi connectivity index (χ3v) is 2.75. The Hall–Kier alpha value is -1.11. The van der Waals surface area contributed by atoms with Crippen LogP contribution >= 0.6 is 12.4 Å². The van der Waals surface area contributed by atoms with Crippen LogP contribution in [0.25, 0.3) is 0 Å². The number of hydrogen-bond donors (Lipinski definition) is 2. The number of rotatable bonds is 5. The number of nitrogens with one attached hydrogen (secondary N) is 2. The van der Waals surface area contributed by atoms with Crippen molar-refractivity contribution in [3.8, 4) is 0 Å². The highest BCUT2D eigenvalue weighted by atomic mass is 35.5. The molecule has 102 valence electrons. The molecule has 2 heterocycles. The van der Waals surface area contributed by atoms with Gasteiger partial charge >= 0.3 is 0 Å². The molecule has 1 fully saturated rings. The van der Waals surface area contributed by atoms with Gasteiger partial charge in [-0.25, -0.2) is 0 Å². The summed E-state index contributed by atoms with van der Waals surface area (Å²) in [7, 11) is 1.56. The van der Waals surface area contributed by atoms with E-state index in [1.54, 1.807) is 13.2 Å². The van der Waals surface area contributed by atoms with Crippen molar-refractivity contribution in [3.63, 3.8) is 0 Å². The predicted molar refractivity (Wildman–Crippen MR) is 67.8 cm³/mol. The summed E-state index contributed by atoms with van der Waals surface area (Å²) in [5.74, 6) is 0.349. The molecule has 1 aliphatic heterocycles. The number of amides is 1. The molecule has 7 heteroatoms. The van der Waals surface area contributed by atoms with E-state index in [1.165, 1.54) is 6.42 Å². The molecule has 0 radical (unpaired) electrons. The standard InChI is InChI=1S/C11H17N3O3.ClH/c1-16-7-9-5-10(14-17-9)11(15)13-6-8-3-2-4-12-8;/h5,8,12H,2-4,6-7H2,1H3,(H,13,15);1H. The van der Waals surface area contributed by atoms with Gasteiger partial charge in [-0.15, -0.1) is 12.4 Å². The lowest BCUT2D eigenvalue weighted by Gasteiger charge is -2.09. The molecule has 0 spiro atoms. The minimum Gasteiger partial charge on any atom is -0.377 e. The zero-order valence-electron chi connectivity index (χ0n) is 10.3. The Morgan fingerprint density at radius 2 is 2.56 bits per heavy atom. The molecule has 2 rings (SSSR count). The topological polar surface area (TPSA) is 76.4 Å². The Morgan fingerprint density at radius 3 is 3.22 bits per heavy atom. The van der Waals surface area contributed by atoms with Crippen LogP contribution in [0, 0.1) is 0 Å². The number of aromatic nitrogens is 1. The molecular formula is C11H18ClN3O3. The molecule has 0 aromatic carbocycles. The smallest absolute Gasteiger partial charge is 0.273 e. The molecule has 1 aromatic rings. The molecule has 0 aliphatic carbocycles. The maximum absolute atomic E-state index is 11.7. The second-order valence-corrected chi connectivity index (χ2v) is 4.11. The largest absolute Gasteiger partial charge is 0.377 e. The van der Waals surface area contributed by atoms with Gasteiger partial charge in [0.05, 0.1) is 0 Å². The predicted octanol–water partition coefficient (Wildman–Crippen LogP) is 0.725. The summed E-state index contributed by atoms with van der Waals surface area (Å²) in [6.07, 6.45) is 2.27. The summed E-state index contributed by atoms with van der Waals surface area (Å²) >= 11 is 0. The van der Waals surface area contributed by atoms with Crippen LogP contribution in [-0.2, 0) is 11.3 Å². The number of carbonyl (C=O) groups excluding carboxylic acids is 1. The van der Waals surface area contributed by atoms with Crippen LogP contribution in [-0.4, -0.2) is 37.3 Å². The summed E-state index contributed by atoms with van der Waals surface area (Å²) in [6.45, 7) is 1.98. The van der Waals surface area contributed by atoms with Gasteiger partial charge in [-0.1, -0.05) is 5.16 Å². The summed E-state index contributed by atoms with van der Waals surface area (Å²) in [4.78, 5) is 11.7. The first-order valence-electron chi connectivity index (χ1n) is 5.75. The summed E-state index contributed by atoms with van der Waals surface area (Å²) < 4.78 is 9.83. The van der Waals surface area contributed by atoms with Crippen LogP contribution in [0.4, 0.5) is 0 Å². The number of ether oxygens (including phenoxy) is 1. The van der Waals surface area contributed by atoms with E-state index >= 15 is 0 Å². The summed E-state index contributed by atoms with van der Waals surface area (Å²) in [5.41, 5.74) is 0.301. The molecule has 0 saturated carbocycles. The Morgan fingerprint density at radius 1 is 1.72 bits per heavy atom. The molecule has 1 aliphatic rings. The number of carbonyl (C=O) groups is 1. The minimum absolute atomic E-state index is 0. The summed E-state index contributed by atoms with van der Waals surface area (Å²) in [5, 5.41) is 9.83. The molecule has 1 atom stereocenters. The van der Waals surface area contributed by atoms with Gasteiger partial charge in [0, 0.05) is 25.8 Å². The van der Waals surface area contributed by atoms with Gasteiger partial charge in [-0.05, 0) is 19.4 Å². The third-order valence-electron chi connectivity index (χ3n) is 2.75. The van der Waals surface area contributed by atoms with Crippen LogP contribution in [0.2, 0.25) is 0 Å². The monoisotopic (exact) mass is 275 g/mol. The fourth-order valence-corrected chi connectivity index (χ4v) is 1.87. The van der Waals surface area contributed by atoms with E-state index in [2.05, 4.69) is 15.8 Å². The zero-order chi connectivity index (χ0) is 12.1. The Labute approximate surface area is 112 Å². The van der Waals surface area contributed by atoms with Crippen molar-refractivity contribution < 1.29 is 14.1 Å². The first-order valence-corrected chi connectivity index (χ1v) is 5.75. The summed E-state index contributed by atoms with van der Waals surface area (Å²) in [6, 6.07) is 1.98. The van der Waals surface area contributed by atoms with Gasteiger partial charge < -0.3 is 19.9 Å². The van der Waals surface area contributed by atoms with Crippen LogP contribution in [0.3, 0.4) is 0 Å². The Bertz CT molecular complexity index is 377. The van der Waals surface area contributed by atoms with Crippen molar-refractivity contribution in [1.29, 1.82) is 0 Å². The van der Waals surface area contributed by atoms with Crippen molar-refractivity contribution in [2.24, 2.45) is 0 Å². The molecule has 0 bridgehead atoms. The normalized spacial score (nSPS) is 18.4. The lowest BCUT2D eigenvalue weighted by atomic mass is 10.2. The molecular weight excluding hydrogens is 258 g/mol. The second-order valence-electron chi connectivity index (χ2n) is 4.11. The van der Waals surface area contributed by atoms with Crippen molar-refractivity contribution in [2.45, 2.75) is 25.5 Å². The van der Waals surface area contributed by atoms with Gasteiger partial charge in [0.25, 0.3) is 5.91 Å². The van der Waals surface area contributed by atoms with E-state index in [-0.39, 0.29) is 18.3 Å². The van der Waals surface area contributed by atoms with Crippen LogP contribution in [0.1, 0.15) is 29.1 Å².